The third kappa shape index (κ3) is 3.96. The van der Waals surface area contributed by atoms with Crippen molar-refractivity contribution in [1.29, 1.82) is 0 Å². The second-order valence-corrected chi connectivity index (χ2v) is 5.40. The zero-order valence-corrected chi connectivity index (χ0v) is 13.0. The summed E-state index contributed by atoms with van der Waals surface area (Å²) in [6, 6.07) is 5.96. The summed E-state index contributed by atoms with van der Waals surface area (Å²) in [5, 5.41) is 2.74. The van der Waals surface area contributed by atoms with E-state index >= 15 is 0 Å². The standard InChI is InChI=1S/C14H18BrN3O2/c1-2-3-8-20-14(19)16-6-7-18-10-17-12-9-11(15)4-5-13(12)18/h4-5,9-10H,2-3,6-8H2,1H3,(H,16,19). The van der Waals surface area contributed by atoms with Crippen LogP contribution in [0.3, 0.4) is 0 Å². The fraction of sp³-hybridized carbons (Fsp3) is 0.429. The molecule has 1 N–H and O–H groups in total. The molecule has 0 aliphatic rings. The van der Waals surface area contributed by atoms with Crippen LogP contribution in [0.15, 0.2) is 29.0 Å². The zero-order chi connectivity index (χ0) is 14.4. The fourth-order valence-electron chi connectivity index (χ4n) is 1.85. The molecule has 0 bridgehead atoms. The first-order valence-corrected chi connectivity index (χ1v) is 7.51. The van der Waals surface area contributed by atoms with Crippen LogP contribution >= 0.6 is 15.9 Å². The molecule has 1 heterocycles. The molecule has 0 atom stereocenters. The number of nitrogens with one attached hydrogen (secondary N) is 1. The van der Waals surface area contributed by atoms with E-state index in [-0.39, 0.29) is 6.09 Å². The molecular weight excluding hydrogens is 322 g/mol. The molecule has 1 amide bonds. The van der Waals surface area contributed by atoms with E-state index in [9.17, 15) is 4.79 Å². The van der Waals surface area contributed by atoms with Crippen molar-refractivity contribution >= 4 is 33.1 Å². The van der Waals surface area contributed by atoms with Crippen LogP contribution < -0.4 is 5.32 Å². The van der Waals surface area contributed by atoms with Crippen molar-refractivity contribution in [3.8, 4) is 0 Å². The normalized spacial score (nSPS) is 10.7. The molecule has 0 spiro atoms. The summed E-state index contributed by atoms with van der Waals surface area (Å²) in [5.74, 6) is 0. The van der Waals surface area contributed by atoms with E-state index in [4.69, 9.17) is 4.74 Å². The van der Waals surface area contributed by atoms with Crippen LogP contribution in [0.2, 0.25) is 0 Å². The predicted molar refractivity (Wildman–Crippen MR) is 81.7 cm³/mol. The summed E-state index contributed by atoms with van der Waals surface area (Å²) in [6.07, 6.45) is 3.34. The molecule has 0 saturated carbocycles. The van der Waals surface area contributed by atoms with Crippen molar-refractivity contribution in [2.24, 2.45) is 0 Å². The van der Waals surface area contributed by atoms with Gasteiger partial charge in [-0.2, -0.15) is 0 Å². The molecule has 5 nitrogen and oxygen atoms in total. The fourth-order valence-corrected chi connectivity index (χ4v) is 2.20. The van der Waals surface area contributed by atoms with Crippen LogP contribution in [0.4, 0.5) is 4.79 Å². The average molecular weight is 340 g/mol. The van der Waals surface area contributed by atoms with E-state index < -0.39 is 0 Å². The van der Waals surface area contributed by atoms with Crippen LogP contribution in [0.5, 0.6) is 0 Å². The highest BCUT2D eigenvalue weighted by molar-refractivity contribution is 9.10. The van der Waals surface area contributed by atoms with Gasteiger partial charge in [0.15, 0.2) is 0 Å². The van der Waals surface area contributed by atoms with Gasteiger partial charge in [0.05, 0.1) is 24.0 Å². The molecule has 0 aliphatic carbocycles. The maximum atomic E-state index is 11.4. The van der Waals surface area contributed by atoms with Gasteiger partial charge >= 0.3 is 6.09 Å². The van der Waals surface area contributed by atoms with Crippen LogP contribution in [0.25, 0.3) is 11.0 Å². The Morgan fingerprint density at radius 1 is 1.50 bits per heavy atom. The molecule has 0 fully saturated rings. The average Bonchev–Trinajstić information content (AvgIpc) is 2.81. The Bertz CT molecular complexity index is 583. The summed E-state index contributed by atoms with van der Waals surface area (Å²) in [7, 11) is 0. The number of amides is 1. The van der Waals surface area contributed by atoms with Crippen molar-refractivity contribution in [2.45, 2.75) is 26.3 Å². The number of nitrogens with zero attached hydrogens (tertiary/aromatic N) is 2. The third-order valence-corrected chi connectivity index (χ3v) is 3.43. The second-order valence-electron chi connectivity index (χ2n) is 4.49. The van der Waals surface area contributed by atoms with Crippen LogP contribution in [0.1, 0.15) is 19.8 Å². The van der Waals surface area contributed by atoms with Crippen molar-refractivity contribution in [3.05, 3.63) is 29.0 Å². The van der Waals surface area contributed by atoms with E-state index in [0.29, 0.717) is 19.7 Å². The van der Waals surface area contributed by atoms with E-state index in [1.807, 2.05) is 22.8 Å². The van der Waals surface area contributed by atoms with Crippen molar-refractivity contribution in [2.75, 3.05) is 13.2 Å². The number of fused-ring (bicyclic) bond motifs is 1. The maximum Gasteiger partial charge on any atom is 0.407 e. The topological polar surface area (TPSA) is 56.1 Å². The summed E-state index contributed by atoms with van der Waals surface area (Å²) in [4.78, 5) is 15.7. The molecule has 108 valence electrons. The molecule has 0 radical (unpaired) electrons. The van der Waals surface area contributed by atoms with Crippen molar-refractivity contribution < 1.29 is 9.53 Å². The minimum Gasteiger partial charge on any atom is -0.450 e. The van der Waals surface area contributed by atoms with Gasteiger partial charge in [0.1, 0.15) is 0 Å². The Balaban J connectivity index is 1.82. The van der Waals surface area contributed by atoms with Gasteiger partial charge in [-0.3, -0.25) is 0 Å². The highest BCUT2D eigenvalue weighted by atomic mass is 79.9. The third-order valence-electron chi connectivity index (χ3n) is 2.94. The number of halogens is 1. The minimum atomic E-state index is -0.356. The number of benzene rings is 1. The summed E-state index contributed by atoms with van der Waals surface area (Å²) in [5.41, 5.74) is 1.99. The lowest BCUT2D eigenvalue weighted by Gasteiger charge is -2.07. The Labute approximate surface area is 126 Å². The van der Waals surface area contributed by atoms with E-state index in [1.54, 1.807) is 6.33 Å². The van der Waals surface area contributed by atoms with E-state index in [1.165, 1.54) is 0 Å². The highest BCUT2D eigenvalue weighted by Gasteiger charge is 2.04. The first-order valence-electron chi connectivity index (χ1n) is 6.71. The number of hydrogen-bond donors (Lipinski definition) is 1. The number of aromatic nitrogens is 2. The summed E-state index contributed by atoms with van der Waals surface area (Å²) >= 11 is 3.42. The minimum absolute atomic E-state index is 0.356. The number of ether oxygens (including phenoxy) is 1. The first kappa shape index (κ1) is 14.8. The molecule has 6 heteroatoms. The lowest BCUT2D eigenvalue weighted by atomic mass is 10.3. The molecule has 20 heavy (non-hydrogen) atoms. The van der Waals surface area contributed by atoms with Crippen molar-refractivity contribution in [1.82, 2.24) is 14.9 Å². The molecule has 1 aromatic heterocycles. The van der Waals surface area contributed by atoms with Gasteiger partial charge in [-0.25, -0.2) is 9.78 Å². The highest BCUT2D eigenvalue weighted by Crippen LogP contribution is 2.18. The molecule has 0 saturated heterocycles. The van der Waals surface area contributed by atoms with E-state index in [2.05, 4.69) is 33.2 Å². The Hall–Kier alpha value is -1.56. The number of unbranched alkanes of at least 4 members (excludes halogenated alkanes) is 1. The lowest BCUT2D eigenvalue weighted by Crippen LogP contribution is -2.28. The second kappa shape index (κ2) is 7.28. The van der Waals surface area contributed by atoms with Gasteiger partial charge in [-0.05, 0) is 24.6 Å². The molecule has 2 aromatic rings. The maximum absolute atomic E-state index is 11.4. The van der Waals surface area contributed by atoms with Gasteiger partial charge < -0.3 is 14.6 Å². The monoisotopic (exact) mass is 339 g/mol. The number of imidazole rings is 1. The quantitative estimate of drug-likeness (QED) is 0.821. The largest absolute Gasteiger partial charge is 0.450 e. The lowest BCUT2D eigenvalue weighted by molar-refractivity contribution is 0.144. The predicted octanol–water partition coefficient (Wildman–Crippen LogP) is 3.33. The number of carbonyl (C=O) groups excluding carboxylic acids is 1. The molecule has 1 aromatic carbocycles. The Kier molecular flexibility index (Phi) is 5.40. The van der Waals surface area contributed by atoms with Crippen LogP contribution in [0, 0.1) is 0 Å². The number of carbonyl (C=O) groups is 1. The number of alkyl carbamates (subject to hydrolysis) is 1. The summed E-state index contributed by atoms with van der Waals surface area (Å²) < 4.78 is 8.04. The number of rotatable bonds is 6. The van der Waals surface area contributed by atoms with Crippen LogP contribution in [-0.2, 0) is 11.3 Å². The van der Waals surface area contributed by atoms with Gasteiger partial charge in [-0.15, -0.1) is 0 Å². The zero-order valence-electron chi connectivity index (χ0n) is 11.4. The smallest absolute Gasteiger partial charge is 0.407 e. The molecular formula is C14H18BrN3O2. The number of hydrogen-bond acceptors (Lipinski definition) is 3. The molecule has 0 aliphatic heterocycles. The first-order chi connectivity index (χ1) is 9.70. The van der Waals surface area contributed by atoms with Crippen LogP contribution in [-0.4, -0.2) is 28.8 Å². The van der Waals surface area contributed by atoms with E-state index in [0.717, 1.165) is 28.3 Å². The van der Waals surface area contributed by atoms with Gasteiger partial charge in [0, 0.05) is 17.6 Å². The van der Waals surface area contributed by atoms with Gasteiger partial charge in [0.2, 0.25) is 0 Å². The Morgan fingerprint density at radius 3 is 3.15 bits per heavy atom. The molecule has 0 unspecified atom stereocenters. The SMILES string of the molecule is CCCCOC(=O)NCCn1cnc2cc(Br)ccc21. The van der Waals surface area contributed by atoms with Gasteiger partial charge in [0.25, 0.3) is 0 Å². The van der Waals surface area contributed by atoms with Crippen molar-refractivity contribution in [3.63, 3.8) is 0 Å². The Morgan fingerprint density at radius 2 is 2.35 bits per heavy atom. The van der Waals surface area contributed by atoms with Gasteiger partial charge in [-0.1, -0.05) is 29.3 Å². The summed E-state index contributed by atoms with van der Waals surface area (Å²) in [6.45, 7) is 3.72. The molecule has 2 rings (SSSR count).